The van der Waals surface area contributed by atoms with Crippen molar-refractivity contribution < 1.29 is 9.90 Å². The van der Waals surface area contributed by atoms with Gasteiger partial charge in [0.15, 0.2) is 0 Å². The molecule has 0 spiro atoms. The normalized spacial score (nSPS) is 18.8. The van der Waals surface area contributed by atoms with Crippen molar-refractivity contribution in [2.75, 3.05) is 13.1 Å². The summed E-state index contributed by atoms with van der Waals surface area (Å²) in [5, 5.41) is 12.2. The molecule has 1 atom stereocenters. The summed E-state index contributed by atoms with van der Waals surface area (Å²) >= 11 is 0. The van der Waals surface area contributed by atoms with Crippen molar-refractivity contribution >= 4 is 16.7 Å². The van der Waals surface area contributed by atoms with Crippen molar-refractivity contribution in [2.24, 2.45) is 5.92 Å². The van der Waals surface area contributed by atoms with Crippen molar-refractivity contribution in [1.82, 2.24) is 4.90 Å². The summed E-state index contributed by atoms with van der Waals surface area (Å²) in [7, 11) is 0. The molecule has 0 aliphatic carbocycles. The lowest BCUT2D eigenvalue weighted by molar-refractivity contribution is 0.0757. The van der Waals surface area contributed by atoms with Crippen LogP contribution >= 0.6 is 0 Å². The first kappa shape index (κ1) is 15.9. The molecule has 1 unspecified atom stereocenters. The predicted octanol–water partition coefficient (Wildman–Crippen LogP) is 4.59. The van der Waals surface area contributed by atoms with Gasteiger partial charge in [-0.3, -0.25) is 4.79 Å². The molecule has 2 aromatic rings. The molecule has 23 heavy (non-hydrogen) atoms. The standard InChI is InChI=1S/C20H25NO2/c1-2-6-15-7-5-11-21(12-10-15)20(23)18-13-16-8-3-4-9-17(16)14-19(18)22/h3-4,8-9,13-15,22H,2,5-7,10-12H2,1H3. The second kappa shape index (κ2) is 7.03. The molecule has 3 nitrogen and oxygen atoms in total. The first-order valence-electron chi connectivity index (χ1n) is 8.70. The highest BCUT2D eigenvalue weighted by molar-refractivity contribution is 6.01. The Morgan fingerprint density at radius 1 is 1.17 bits per heavy atom. The maximum Gasteiger partial charge on any atom is 0.257 e. The number of benzene rings is 2. The smallest absolute Gasteiger partial charge is 0.257 e. The van der Waals surface area contributed by atoms with E-state index in [0.29, 0.717) is 5.56 Å². The third kappa shape index (κ3) is 3.49. The number of phenols is 1. The van der Waals surface area contributed by atoms with Crippen molar-refractivity contribution in [3.8, 4) is 5.75 Å². The van der Waals surface area contributed by atoms with Crippen LogP contribution in [0.5, 0.6) is 5.75 Å². The lowest BCUT2D eigenvalue weighted by Gasteiger charge is -2.21. The van der Waals surface area contributed by atoms with E-state index in [-0.39, 0.29) is 11.7 Å². The van der Waals surface area contributed by atoms with Gasteiger partial charge in [-0.05, 0) is 48.1 Å². The Kier molecular flexibility index (Phi) is 4.85. The maximum absolute atomic E-state index is 12.8. The van der Waals surface area contributed by atoms with E-state index in [0.717, 1.165) is 42.6 Å². The molecule has 1 fully saturated rings. The maximum atomic E-state index is 12.8. The molecule has 1 aliphatic rings. The molecule has 3 rings (SSSR count). The number of likely N-dealkylation sites (tertiary alicyclic amines) is 1. The minimum atomic E-state index is -0.0367. The zero-order valence-corrected chi connectivity index (χ0v) is 13.8. The number of nitrogens with zero attached hydrogens (tertiary/aromatic N) is 1. The minimum Gasteiger partial charge on any atom is -0.507 e. The monoisotopic (exact) mass is 311 g/mol. The highest BCUT2D eigenvalue weighted by Crippen LogP contribution is 2.28. The largest absolute Gasteiger partial charge is 0.507 e. The summed E-state index contributed by atoms with van der Waals surface area (Å²) in [5.74, 6) is 0.788. The number of carbonyl (C=O) groups excluding carboxylic acids is 1. The molecule has 2 aromatic carbocycles. The van der Waals surface area contributed by atoms with E-state index in [9.17, 15) is 9.90 Å². The number of phenolic OH excluding ortho intramolecular Hbond substituents is 1. The van der Waals surface area contributed by atoms with Gasteiger partial charge in [-0.1, -0.05) is 44.0 Å². The molecule has 0 saturated carbocycles. The van der Waals surface area contributed by atoms with Crippen LogP contribution < -0.4 is 0 Å². The van der Waals surface area contributed by atoms with E-state index < -0.39 is 0 Å². The van der Waals surface area contributed by atoms with Crippen molar-refractivity contribution in [2.45, 2.75) is 39.0 Å². The van der Waals surface area contributed by atoms with Crippen LogP contribution in [0.15, 0.2) is 36.4 Å². The fourth-order valence-electron chi connectivity index (χ4n) is 3.64. The van der Waals surface area contributed by atoms with Gasteiger partial charge < -0.3 is 10.0 Å². The second-order valence-electron chi connectivity index (χ2n) is 6.59. The SMILES string of the molecule is CCCC1CCCN(C(=O)c2cc3ccccc3cc2O)CC1. The molecule has 122 valence electrons. The summed E-state index contributed by atoms with van der Waals surface area (Å²) in [6.07, 6.45) is 5.81. The van der Waals surface area contributed by atoms with E-state index in [1.807, 2.05) is 35.2 Å². The van der Waals surface area contributed by atoms with Gasteiger partial charge in [-0.2, -0.15) is 0 Å². The molecule has 0 radical (unpaired) electrons. The summed E-state index contributed by atoms with van der Waals surface area (Å²) in [6, 6.07) is 11.3. The van der Waals surface area contributed by atoms with Crippen LogP contribution in [-0.2, 0) is 0 Å². The lowest BCUT2D eigenvalue weighted by atomic mass is 9.96. The molecule has 0 bridgehead atoms. The van der Waals surface area contributed by atoms with E-state index in [1.165, 1.54) is 19.3 Å². The lowest BCUT2D eigenvalue weighted by Crippen LogP contribution is -2.32. The molecular formula is C20H25NO2. The van der Waals surface area contributed by atoms with Crippen LogP contribution in [0.2, 0.25) is 0 Å². The summed E-state index contributed by atoms with van der Waals surface area (Å²) in [4.78, 5) is 14.8. The third-order valence-electron chi connectivity index (χ3n) is 4.93. The van der Waals surface area contributed by atoms with Crippen LogP contribution in [0.1, 0.15) is 49.4 Å². The van der Waals surface area contributed by atoms with E-state index in [2.05, 4.69) is 6.92 Å². The summed E-state index contributed by atoms with van der Waals surface area (Å²) < 4.78 is 0. The van der Waals surface area contributed by atoms with E-state index >= 15 is 0 Å². The van der Waals surface area contributed by atoms with Crippen molar-refractivity contribution in [3.05, 3.63) is 42.0 Å². The number of aromatic hydroxyl groups is 1. The number of carbonyl (C=O) groups is 1. The van der Waals surface area contributed by atoms with Crippen molar-refractivity contribution in [1.29, 1.82) is 0 Å². The molecule has 1 amide bonds. The van der Waals surface area contributed by atoms with Gasteiger partial charge >= 0.3 is 0 Å². The number of amides is 1. The number of rotatable bonds is 3. The quantitative estimate of drug-likeness (QED) is 0.900. The first-order valence-corrected chi connectivity index (χ1v) is 8.70. The Morgan fingerprint density at radius 2 is 1.91 bits per heavy atom. The zero-order valence-electron chi connectivity index (χ0n) is 13.8. The Hall–Kier alpha value is -2.03. The fraction of sp³-hybridized carbons (Fsp3) is 0.450. The average Bonchev–Trinajstić information content (AvgIpc) is 2.80. The van der Waals surface area contributed by atoms with Gasteiger partial charge in [0.05, 0.1) is 5.56 Å². The molecule has 3 heteroatoms. The van der Waals surface area contributed by atoms with Crippen LogP contribution in [-0.4, -0.2) is 29.0 Å². The van der Waals surface area contributed by atoms with Crippen molar-refractivity contribution in [3.63, 3.8) is 0 Å². The number of fused-ring (bicyclic) bond motifs is 1. The van der Waals surface area contributed by atoms with Gasteiger partial charge in [0, 0.05) is 13.1 Å². The van der Waals surface area contributed by atoms with Gasteiger partial charge in [-0.25, -0.2) is 0 Å². The van der Waals surface area contributed by atoms with Crippen LogP contribution in [0, 0.1) is 5.92 Å². The summed E-state index contributed by atoms with van der Waals surface area (Å²) in [5.41, 5.74) is 0.428. The van der Waals surface area contributed by atoms with Crippen LogP contribution in [0.4, 0.5) is 0 Å². The van der Waals surface area contributed by atoms with Crippen LogP contribution in [0.3, 0.4) is 0 Å². The molecule has 1 heterocycles. The van der Waals surface area contributed by atoms with Gasteiger partial charge in [0.2, 0.25) is 0 Å². The zero-order chi connectivity index (χ0) is 16.2. The fourth-order valence-corrected chi connectivity index (χ4v) is 3.64. The number of hydrogen-bond acceptors (Lipinski definition) is 2. The Morgan fingerprint density at radius 3 is 2.65 bits per heavy atom. The first-order chi connectivity index (χ1) is 11.2. The Bertz CT molecular complexity index is 695. The van der Waals surface area contributed by atoms with Gasteiger partial charge in [0.1, 0.15) is 5.75 Å². The number of hydrogen-bond donors (Lipinski definition) is 1. The average molecular weight is 311 g/mol. The molecule has 1 aliphatic heterocycles. The highest BCUT2D eigenvalue weighted by Gasteiger charge is 2.23. The second-order valence-corrected chi connectivity index (χ2v) is 6.59. The minimum absolute atomic E-state index is 0.0367. The predicted molar refractivity (Wildman–Crippen MR) is 93.8 cm³/mol. The molecular weight excluding hydrogens is 286 g/mol. The highest BCUT2D eigenvalue weighted by atomic mass is 16.3. The molecule has 1 N–H and O–H groups in total. The van der Waals surface area contributed by atoms with E-state index in [4.69, 9.17) is 0 Å². The van der Waals surface area contributed by atoms with Crippen LogP contribution in [0.25, 0.3) is 10.8 Å². The molecule has 1 saturated heterocycles. The van der Waals surface area contributed by atoms with Gasteiger partial charge in [-0.15, -0.1) is 0 Å². The Labute approximate surface area is 137 Å². The topological polar surface area (TPSA) is 40.5 Å². The third-order valence-corrected chi connectivity index (χ3v) is 4.93. The van der Waals surface area contributed by atoms with Gasteiger partial charge in [0.25, 0.3) is 5.91 Å². The Balaban J connectivity index is 1.81. The van der Waals surface area contributed by atoms with E-state index in [1.54, 1.807) is 6.07 Å². The summed E-state index contributed by atoms with van der Waals surface area (Å²) in [6.45, 7) is 3.82. The molecule has 0 aromatic heterocycles.